The number of hydrogen-bond donors (Lipinski definition) is 0. The minimum Gasteiger partial charge on any atom is -0.295 e. The molecule has 3 heteroatoms. The van der Waals surface area contributed by atoms with Gasteiger partial charge in [-0.1, -0.05) is 57.5 Å². The third kappa shape index (κ3) is 3.64. The number of benzene rings is 2. The van der Waals surface area contributed by atoms with Gasteiger partial charge in [-0.2, -0.15) is 4.57 Å². The van der Waals surface area contributed by atoms with Crippen LogP contribution < -0.4 is 4.57 Å². The lowest BCUT2D eigenvalue weighted by Crippen LogP contribution is -2.30. The van der Waals surface area contributed by atoms with Crippen LogP contribution in [0, 0.1) is 27.7 Å². The molecule has 2 heterocycles. The number of imidazole rings is 1. The second-order valence-corrected chi connectivity index (χ2v) is 9.88. The molecule has 0 fully saturated rings. The van der Waals surface area contributed by atoms with Gasteiger partial charge in [0.25, 0.3) is 0 Å². The van der Waals surface area contributed by atoms with E-state index in [0.29, 0.717) is 11.8 Å². The van der Waals surface area contributed by atoms with Gasteiger partial charge in [0.05, 0.1) is 11.2 Å². The molecule has 0 spiro atoms. The molecule has 0 aliphatic rings. The number of para-hydroxylation sites is 1. The van der Waals surface area contributed by atoms with E-state index in [1.807, 2.05) is 0 Å². The normalized spacial score (nSPS) is 11.8. The quantitative estimate of drug-likeness (QED) is 0.322. The van der Waals surface area contributed by atoms with E-state index < -0.39 is 0 Å². The second kappa shape index (κ2) is 8.20. The van der Waals surface area contributed by atoms with Gasteiger partial charge in [0, 0.05) is 11.6 Å². The minimum atomic E-state index is 0.432. The molecule has 0 amide bonds. The molecule has 32 heavy (non-hydrogen) atoms. The summed E-state index contributed by atoms with van der Waals surface area (Å²) in [6, 6.07) is 13.6. The van der Waals surface area contributed by atoms with Crippen molar-refractivity contribution in [2.24, 2.45) is 7.05 Å². The van der Waals surface area contributed by atoms with Crippen LogP contribution in [0.5, 0.6) is 0 Å². The van der Waals surface area contributed by atoms with Gasteiger partial charge in [0.2, 0.25) is 5.69 Å². The van der Waals surface area contributed by atoms with Crippen molar-refractivity contribution >= 4 is 11.0 Å². The summed E-state index contributed by atoms with van der Waals surface area (Å²) in [4.78, 5) is 4.99. The third-order valence-corrected chi connectivity index (χ3v) is 6.73. The summed E-state index contributed by atoms with van der Waals surface area (Å²) in [5.74, 6) is 1.90. The van der Waals surface area contributed by atoms with Gasteiger partial charge < -0.3 is 0 Å². The van der Waals surface area contributed by atoms with E-state index in [9.17, 15) is 0 Å². The zero-order valence-electron chi connectivity index (χ0n) is 21.0. The first-order valence-corrected chi connectivity index (χ1v) is 11.7. The van der Waals surface area contributed by atoms with Crippen molar-refractivity contribution in [3.63, 3.8) is 0 Å². The van der Waals surface area contributed by atoms with Crippen LogP contribution >= 0.6 is 0 Å². The van der Waals surface area contributed by atoms with Crippen molar-refractivity contribution in [2.75, 3.05) is 0 Å². The molecule has 0 aliphatic heterocycles. The lowest BCUT2D eigenvalue weighted by molar-refractivity contribution is -0.659. The minimum absolute atomic E-state index is 0.432. The molecule has 0 saturated carbocycles. The maximum Gasteiger partial charge on any atom is 0.214 e. The second-order valence-electron chi connectivity index (χ2n) is 9.88. The Morgan fingerprint density at radius 1 is 0.875 bits per heavy atom. The molecule has 0 atom stereocenters. The highest BCUT2D eigenvalue weighted by molar-refractivity contribution is 5.82. The lowest BCUT2D eigenvalue weighted by Gasteiger charge is -2.22. The molecule has 0 saturated heterocycles. The zero-order chi connectivity index (χ0) is 23.3. The highest BCUT2D eigenvalue weighted by Crippen LogP contribution is 2.35. The van der Waals surface area contributed by atoms with Crippen molar-refractivity contribution in [2.45, 2.75) is 67.2 Å². The molecular formula is C29H36N3+. The molecule has 4 aromatic rings. The first kappa shape index (κ1) is 22.3. The number of rotatable bonds is 4. The van der Waals surface area contributed by atoms with Crippen LogP contribution in [0.15, 0.2) is 42.6 Å². The highest BCUT2D eigenvalue weighted by atomic mass is 15.1. The fourth-order valence-electron chi connectivity index (χ4n) is 4.91. The van der Waals surface area contributed by atoms with Crippen molar-refractivity contribution in [1.82, 2.24) is 9.55 Å². The molecule has 0 N–H and O–H groups in total. The maximum absolute atomic E-state index is 4.99. The predicted molar refractivity (Wildman–Crippen MR) is 135 cm³/mol. The van der Waals surface area contributed by atoms with E-state index in [1.54, 1.807) is 0 Å². The van der Waals surface area contributed by atoms with Crippen LogP contribution in [0.4, 0.5) is 0 Å². The highest BCUT2D eigenvalue weighted by Gasteiger charge is 2.23. The standard InChI is InChI=1S/C29H36N3/c1-17(2)23-11-10-12-24(18(3)4)29(23)32-22(8)30-26-16-31(9)27(15-28(26)32)25-14-19(5)13-20(6)21(25)7/h10-18H,1-9H3/q+1. The van der Waals surface area contributed by atoms with E-state index in [0.717, 1.165) is 11.3 Å². The van der Waals surface area contributed by atoms with Gasteiger partial charge in [-0.25, -0.2) is 4.98 Å². The van der Waals surface area contributed by atoms with Gasteiger partial charge in [-0.05, 0) is 67.9 Å². The molecule has 0 unspecified atom stereocenters. The topological polar surface area (TPSA) is 21.7 Å². The van der Waals surface area contributed by atoms with Crippen molar-refractivity contribution in [3.8, 4) is 16.9 Å². The summed E-state index contributed by atoms with van der Waals surface area (Å²) >= 11 is 0. The Morgan fingerprint density at radius 3 is 2.09 bits per heavy atom. The number of hydrogen-bond acceptors (Lipinski definition) is 1. The van der Waals surface area contributed by atoms with Gasteiger partial charge in [-0.15, -0.1) is 0 Å². The number of aromatic nitrogens is 3. The molecule has 166 valence electrons. The first-order chi connectivity index (χ1) is 15.1. The molecule has 0 radical (unpaired) electrons. The third-order valence-electron chi connectivity index (χ3n) is 6.73. The monoisotopic (exact) mass is 426 g/mol. The Hall–Kier alpha value is -2.94. The van der Waals surface area contributed by atoms with Gasteiger partial charge in [-0.3, -0.25) is 4.57 Å². The van der Waals surface area contributed by atoms with Crippen LogP contribution in [-0.2, 0) is 7.05 Å². The van der Waals surface area contributed by atoms with Crippen molar-refractivity contribution in [3.05, 3.63) is 76.2 Å². The van der Waals surface area contributed by atoms with E-state index in [1.165, 1.54) is 50.3 Å². The van der Waals surface area contributed by atoms with Crippen LogP contribution in [0.1, 0.15) is 73.2 Å². The largest absolute Gasteiger partial charge is 0.295 e. The summed E-state index contributed by atoms with van der Waals surface area (Å²) in [5.41, 5.74) is 12.7. The summed E-state index contributed by atoms with van der Waals surface area (Å²) < 4.78 is 4.61. The summed E-state index contributed by atoms with van der Waals surface area (Å²) in [6.07, 6.45) is 2.18. The number of fused-ring (bicyclic) bond motifs is 1. The molecule has 4 rings (SSSR count). The van der Waals surface area contributed by atoms with E-state index in [-0.39, 0.29) is 0 Å². The smallest absolute Gasteiger partial charge is 0.214 e. The Morgan fingerprint density at radius 2 is 1.50 bits per heavy atom. The predicted octanol–water partition coefficient (Wildman–Crippen LogP) is 7.00. The van der Waals surface area contributed by atoms with Crippen LogP contribution in [0.25, 0.3) is 28.0 Å². The summed E-state index contributed by atoms with van der Waals surface area (Å²) in [7, 11) is 2.13. The molecule has 0 aliphatic carbocycles. The number of aryl methyl sites for hydroxylation is 4. The Labute approximate surface area is 192 Å². The Balaban J connectivity index is 2.09. The molecule has 2 aromatic heterocycles. The Kier molecular flexibility index (Phi) is 5.70. The maximum atomic E-state index is 4.99. The average Bonchev–Trinajstić information content (AvgIpc) is 3.03. The van der Waals surface area contributed by atoms with Crippen LogP contribution in [0.2, 0.25) is 0 Å². The number of pyridine rings is 1. The fraction of sp³-hybridized carbons (Fsp3) is 0.379. The first-order valence-electron chi connectivity index (χ1n) is 11.7. The average molecular weight is 427 g/mol. The molecular weight excluding hydrogens is 390 g/mol. The van der Waals surface area contributed by atoms with Crippen LogP contribution in [-0.4, -0.2) is 9.55 Å². The molecule has 3 nitrogen and oxygen atoms in total. The molecule has 0 bridgehead atoms. The van der Waals surface area contributed by atoms with E-state index in [2.05, 4.69) is 114 Å². The Bertz CT molecular complexity index is 1300. The lowest BCUT2D eigenvalue weighted by atomic mass is 9.92. The summed E-state index contributed by atoms with van der Waals surface area (Å²) in [6.45, 7) is 17.8. The number of nitrogens with zero attached hydrogens (tertiary/aromatic N) is 3. The van der Waals surface area contributed by atoms with Crippen LogP contribution in [0.3, 0.4) is 0 Å². The van der Waals surface area contributed by atoms with E-state index in [4.69, 9.17) is 4.98 Å². The van der Waals surface area contributed by atoms with Gasteiger partial charge in [0.1, 0.15) is 12.9 Å². The van der Waals surface area contributed by atoms with Crippen molar-refractivity contribution < 1.29 is 4.57 Å². The SMILES string of the molecule is Cc1cc(C)c(C)c(-c2cc3c(c[n+]2C)nc(C)n3-c2c(C(C)C)cccc2C(C)C)c1. The molecule has 2 aromatic carbocycles. The van der Waals surface area contributed by atoms with Gasteiger partial charge in [0.15, 0.2) is 11.7 Å². The fourth-order valence-corrected chi connectivity index (χ4v) is 4.91. The summed E-state index contributed by atoms with van der Waals surface area (Å²) in [5, 5.41) is 0. The van der Waals surface area contributed by atoms with Gasteiger partial charge >= 0.3 is 0 Å². The van der Waals surface area contributed by atoms with E-state index >= 15 is 0 Å². The van der Waals surface area contributed by atoms with Crippen molar-refractivity contribution in [1.29, 1.82) is 0 Å². The zero-order valence-corrected chi connectivity index (χ0v) is 21.0.